The zero-order chi connectivity index (χ0) is 25.2. The number of methoxy groups -OCH3 is 1. The summed E-state index contributed by atoms with van der Waals surface area (Å²) in [7, 11) is 1.53. The average Bonchev–Trinajstić information content (AvgIpc) is 3.46. The topological polar surface area (TPSA) is 89.2 Å². The second kappa shape index (κ2) is 9.62. The molecule has 1 aliphatic rings. The van der Waals surface area contributed by atoms with Crippen LogP contribution in [-0.4, -0.2) is 30.5 Å². The van der Waals surface area contributed by atoms with Crippen LogP contribution in [0, 0.1) is 0 Å². The Bertz CT molecular complexity index is 1450. The Morgan fingerprint density at radius 2 is 1.78 bits per heavy atom. The van der Waals surface area contributed by atoms with Crippen molar-refractivity contribution in [1.82, 2.24) is 0 Å². The molecule has 0 radical (unpaired) electrons. The number of rotatable bonds is 8. The number of aliphatic hydroxyl groups is 1. The molecule has 1 unspecified atom stereocenters. The van der Waals surface area contributed by atoms with Gasteiger partial charge in [0.2, 0.25) is 5.78 Å². The number of para-hydroxylation sites is 1. The van der Waals surface area contributed by atoms with Crippen molar-refractivity contribution in [2.75, 3.05) is 18.6 Å². The number of amides is 1. The molecule has 1 aliphatic heterocycles. The van der Waals surface area contributed by atoms with Crippen molar-refractivity contribution in [3.8, 4) is 11.5 Å². The van der Waals surface area contributed by atoms with Gasteiger partial charge in [-0.3, -0.25) is 14.5 Å². The zero-order valence-electron chi connectivity index (χ0n) is 19.9. The highest BCUT2D eigenvalue weighted by Crippen LogP contribution is 2.43. The maximum absolute atomic E-state index is 13.8. The van der Waals surface area contributed by atoms with E-state index in [4.69, 9.17) is 13.9 Å². The molecule has 0 aliphatic carbocycles. The number of nitrogens with zero attached hydrogens (tertiary/aromatic N) is 1. The van der Waals surface area contributed by atoms with Crippen molar-refractivity contribution in [2.24, 2.45) is 0 Å². The minimum absolute atomic E-state index is 0.0430. The number of fused-ring (bicyclic) bond motifs is 1. The van der Waals surface area contributed by atoms with Gasteiger partial charge in [-0.15, -0.1) is 0 Å². The van der Waals surface area contributed by atoms with Crippen LogP contribution in [0.5, 0.6) is 11.5 Å². The molecule has 1 atom stereocenters. The number of Topliss-reactive ketones (excluding diaryl/α,β-unsaturated/α-hetero) is 1. The summed E-state index contributed by atoms with van der Waals surface area (Å²) < 4.78 is 16.9. The summed E-state index contributed by atoms with van der Waals surface area (Å²) >= 11 is 0. The molecular weight excluding hydrogens is 458 g/mol. The van der Waals surface area contributed by atoms with Gasteiger partial charge in [-0.25, -0.2) is 0 Å². The van der Waals surface area contributed by atoms with Crippen LogP contribution in [-0.2, 0) is 4.79 Å². The highest BCUT2D eigenvalue weighted by atomic mass is 16.5. The maximum atomic E-state index is 13.8. The predicted octanol–water partition coefficient (Wildman–Crippen LogP) is 6.01. The summed E-state index contributed by atoms with van der Waals surface area (Å²) in [5.74, 6) is -0.681. The fraction of sp³-hybridized carbons (Fsp3) is 0.172. The number of aliphatic hydroxyl groups excluding tert-OH is 1. The van der Waals surface area contributed by atoms with Gasteiger partial charge in [-0.2, -0.15) is 0 Å². The molecule has 1 aromatic heterocycles. The van der Waals surface area contributed by atoms with Crippen molar-refractivity contribution < 1.29 is 28.6 Å². The third kappa shape index (κ3) is 4.09. The van der Waals surface area contributed by atoms with Crippen molar-refractivity contribution in [3.05, 3.63) is 102 Å². The number of hydrogen-bond donors (Lipinski definition) is 1. The largest absolute Gasteiger partial charge is 0.503 e. The van der Waals surface area contributed by atoms with E-state index < -0.39 is 23.5 Å². The molecule has 0 saturated carbocycles. The lowest BCUT2D eigenvalue weighted by molar-refractivity contribution is -0.117. The van der Waals surface area contributed by atoms with Crippen LogP contribution in [0.2, 0.25) is 0 Å². The van der Waals surface area contributed by atoms with Gasteiger partial charge in [0.1, 0.15) is 17.1 Å². The van der Waals surface area contributed by atoms with Crippen LogP contribution in [0.15, 0.2) is 94.6 Å². The molecule has 2 heterocycles. The molecule has 0 bridgehead atoms. The number of ketones is 1. The number of anilines is 1. The Morgan fingerprint density at radius 3 is 2.56 bits per heavy atom. The van der Waals surface area contributed by atoms with Gasteiger partial charge in [-0.05, 0) is 48.4 Å². The first-order valence-electron chi connectivity index (χ1n) is 11.7. The molecule has 5 rings (SSSR count). The smallest absolute Gasteiger partial charge is 0.294 e. The van der Waals surface area contributed by atoms with Gasteiger partial charge >= 0.3 is 0 Å². The van der Waals surface area contributed by atoms with E-state index in [0.717, 1.165) is 11.8 Å². The first kappa shape index (κ1) is 23.2. The van der Waals surface area contributed by atoms with E-state index in [-0.39, 0.29) is 11.3 Å². The van der Waals surface area contributed by atoms with Crippen LogP contribution in [0.3, 0.4) is 0 Å². The third-order valence-corrected chi connectivity index (χ3v) is 6.08. The highest BCUT2D eigenvalue weighted by molar-refractivity contribution is 6.20. The molecule has 3 aromatic carbocycles. The quantitative estimate of drug-likeness (QED) is 0.309. The molecule has 0 fully saturated rings. The normalized spacial score (nSPS) is 15.6. The van der Waals surface area contributed by atoms with Crippen LogP contribution >= 0.6 is 0 Å². The van der Waals surface area contributed by atoms with E-state index in [0.29, 0.717) is 34.9 Å². The average molecular weight is 484 g/mol. The van der Waals surface area contributed by atoms with E-state index in [2.05, 4.69) is 0 Å². The molecule has 1 amide bonds. The molecule has 1 N–H and O–H groups in total. The number of carbonyl (C=O) groups excluding carboxylic acids is 2. The number of benzene rings is 3. The standard InChI is InChI=1S/C29H25NO6/c1-3-14-35-22-12-6-9-19(15-22)26-25(27(31)24-16-18-8-4-5-13-23(18)36-24)28(32)29(33)30(26)20-10-7-11-21(17-20)34-2/h4-13,15-17,26,32H,3,14H2,1-2H3. The Labute approximate surface area is 208 Å². The van der Waals surface area contributed by atoms with E-state index in [1.54, 1.807) is 54.6 Å². The second-order valence-corrected chi connectivity index (χ2v) is 8.44. The van der Waals surface area contributed by atoms with Crippen molar-refractivity contribution >= 4 is 28.3 Å². The molecule has 36 heavy (non-hydrogen) atoms. The molecule has 0 spiro atoms. The van der Waals surface area contributed by atoms with E-state index in [1.807, 2.05) is 31.2 Å². The number of carbonyl (C=O) groups is 2. The number of furan rings is 1. The summed E-state index contributed by atoms with van der Waals surface area (Å²) in [4.78, 5) is 28.6. The van der Waals surface area contributed by atoms with Crippen LogP contribution in [0.1, 0.15) is 35.5 Å². The maximum Gasteiger partial charge on any atom is 0.294 e. The van der Waals surface area contributed by atoms with Crippen LogP contribution < -0.4 is 14.4 Å². The molecule has 182 valence electrons. The Hall–Kier alpha value is -4.52. The molecule has 7 heteroatoms. The summed E-state index contributed by atoms with van der Waals surface area (Å²) in [5, 5.41) is 11.8. The van der Waals surface area contributed by atoms with Crippen molar-refractivity contribution in [1.29, 1.82) is 0 Å². The monoisotopic (exact) mass is 483 g/mol. The van der Waals surface area contributed by atoms with Crippen molar-refractivity contribution in [2.45, 2.75) is 19.4 Å². The Kier molecular flexibility index (Phi) is 6.21. The SMILES string of the molecule is CCCOc1cccc(C2C(C(=O)c3cc4ccccc4o3)=C(O)C(=O)N2c2cccc(OC)c2)c1. The van der Waals surface area contributed by atoms with Gasteiger partial charge in [0.05, 0.1) is 25.3 Å². The van der Waals surface area contributed by atoms with Gasteiger partial charge in [-0.1, -0.05) is 43.3 Å². The molecule has 7 nitrogen and oxygen atoms in total. The van der Waals surface area contributed by atoms with Crippen molar-refractivity contribution in [3.63, 3.8) is 0 Å². The fourth-order valence-corrected chi connectivity index (χ4v) is 4.40. The third-order valence-electron chi connectivity index (χ3n) is 6.08. The van der Waals surface area contributed by atoms with E-state index in [1.165, 1.54) is 12.0 Å². The van der Waals surface area contributed by atoms with Crippen LogP contribution in [0.4, 0.5) is 5.69 Å². The number of hydrogen-bond acceptors (Lipinski definition) is 6. The fourth-order valence-electron chi connectivity index (χ4n) is 4.40. The summed E-state index contributed by atoms with van der Waals surface area (Å²) in [6, 6.07) is 22.1. The summed E-state index contributed by atoms with van der Waals surface area (Å²) in [5.41, 5.74) is 1.57. The minimum Gasteiger partial charge on any atom is -0.503 e. The molecule has 4 aromatic rings. The van der Waals surface area contributed by atoms with Gasteiger partial charge in [0, 0.05) is 17.1 Å². The predicted molar refractivity (Wildman–Crippen MR) is 136 cm³/mol. The Balaban J connectivity index is 1.65. The lowest BCUT2D eigenvalue weighted by Crippen LogP contribution is -2.31. The second-order valence-electron chi connectivity index (χ2n) is 8.44. The lowest BCUT2D eigenvalue weighted by Gasteiger charge is -2.27. The first-order valence-corrected chi connectivity index (χ1v) is 11.7. The summed E-state index contributed by atoms with van der Waals surface area (Å²) in [6.45, 7) is 2.54. The Morgan fingerprint density at radius 1 is 1.00 bits per heavy atom. The zero-order valence-corrected chi connectivity index (χ0v) is 19.9. The van der Waals surface area contributed by atoms with E-state index >= 15 is 0 Å². The van der Waals surface area contributed by atoms with E-state index in [9.17, 15) is 14.7 Å². The number of ether oxygens (including phenoxy) is 2. The lowest BCUT2D eigenvalue weighted by atomic mass is 9.94. The molecular formula is C29H25NO6. The highest BCUT2D eigenvalue weighted by Gasteiger charge is 2.45. The van der Waals surface area contributed by atoms with Gasteiger partial charge in [0.15, 0.2) is 11.5 Å². The first-order chi connectivity index (χ1) is 17.5. The van der Waals surface area contributed by atoms with Crippen LogP contribution in [0.25, 0.3) is 11.0 Å². The van der Waals surface area contributed by atoms with Gasteiger partial charge in [0.25, 0.3) is 5.91 Å². The summed E-state index contributed by atoms with van der Waals surface area (Å²) in [6.07, 6.45) is 0.832. The van der Waals surface area contributed by atoms with Gasteiger partial charge < -0.3 is 19.0 Å². The minimum atomic E-state index is -0.907. The molecule has 0 saturated heterocycles.